The van der Waals surface area contributed by atoms with E-state index < -0.39 is 21.8 Å². The molecule has 6 nitrogen and oxygen atoms in total. The summed E-state index contributed by atoms with van der Waals surface area (Å²) >= 11 is 0. The van der Waals surface area contributed by atoms with Gasteiger partial charge in [0.15, 0.2) is 5.96 Å². The summed E-state index contributed by atoms with van der Waals surface area (Å²) < 4.78 is 62.2. The number of benzene rings is 1. The summed E-state index contributed by atoms with van der Waals surface area (Å²) in [4.78, 5) is 4.40. The molecule has 168 valence electrons. The quantitative estimate of drug-likeness (QED) is 0.203. The van der Waals surface area contributed by atoms with Crippen molar-refractivity contribution in [2.75, 3.05) is 39.0 Å². The van der Waals surface area contributed by atoms with E-state index >= 15 is 0 Å². The van der Waals surface area contributed by atoms with E-state index in [2.05, 4.69) is 15.6 Å². The van der Waals surface area contributed by atoms with E-state index in [1.165, 1.54) is 22.7 Å². The molecule has 0 heterocycles. The molecule has 0 aliphatic rings. The van der Waals surface area contributed by atoms with Gasteiger partial charge in [0.25, 0.3) is 0 Å². The minimum absolute atomic E-state index is 0. The fourth-order valence-electron chi connectivity index (χ4n) is 2.52. The van der Waals surface area contributed by atoms with Gasteiger partial charge in [0.2, 0.25) is 10.0 Å². The second-order valence-corrected chi connectivity index (χ2v) is 8.22. The first-order valence-electron chi connectivity index (χ1n) is 9.21. The Balaban J connectivity index is 0.00000784. The maximum absolute atomic E-state index is 12.6. The van der Waals surface area contributed by atoms with Crippen molar-refractivity contribution in [1.82, 2.24) is 14.9 Å². The molecule has 2 N–H and O–H groups in total. The summed E-state index contributed by atoms with van der Waals surface area (Å²) in [6.45, 7) is 6.18. The van der Waals surface area contributed by atoms with Crippen molar-refractivity contribution in [1.29, 1.82) is 0 Å². The van der Waals surface area contributed by atoms with Crippen LogP contribution in [0.5, 0.6) is 0 Å². The van der Waals surface area contributed by atoms with Crippen molar-refractivity contribution in [3.8, 4) is 0 Å². The third-order valence-electron chi connectivity index (χ3n) is 3.99. The average molecular weight is 550 g/mol. The number of aliphatic imine (C=N–C) groups is 1. The minimum Gasteiger partial charge on any atom is -0.357 e. The molecule has 1 aromatic carbocycles. The highest BCUT2D eigenvalue weighted by Gasteiger charge is 2.29. The van der Waals surface area contributed by atoms with Crippen LogP contribution < -0.4 is 10.6 Å². The van der Waals surface area contributed by atoms with Crippen molar-refractivity contribution in [3.63, 3.8) is 0 Å². The summed E-state index contributed by atoms with van der Waals surface area (Å²) in [5.41, 5.74) is 0.136. The molecule has 0 aliphatic heterocycles. The molecule has 1 rings (SSSR count). The minimum atomic E-state index is -4.33. The van der Waals surface area contributed by atoms with Gasteiger partial charge in [-0.05, 0) is 37.5 Å². The van der Waals surface area contributed by atoms with Gasteiger partial charge >= 0.3 is 6.18 Å². The van der Waals surface area contributed by atoms with Crippen molar-refractivity contribution < 1.29 is 21.6 Å². The van der Waals surface area contributed by atoms with Gasteiger partial charge in [0.1, 0.15) is 0 Å². The first kappa shape index (κ1) is 27.9. The Morgan fingerprint density at radius 3 is 2.24 bits per heavy atom. The summed E-state index contributed by atoms with van der Waals surface area (Å²) in [6.07, 6.45) is -1.99. The van der Waals surface area contributed by atoms with E-state index in [1.54, 1.807) is 6.92 Å². The Morgan fingerprint density at radius 2 is 1.76 bits per heavy atom. The number of nitrogens with one attached hydrogen (secondary N) is 2. The highest BCUT2D eigenvalue weighted by Crippen LogP contribution is 2.29. The molecule has 0 bridgehead atoms. The van der Waals surface area contributed by atoms with Crippen LogP contribution in [0.3, 0.4) is 0 Å². The maximum atomic E-state index is 12.6. The van der Waals surface area contributed by atoms with Crippen LogP contribution in [0.15, 0.2) is 29.3 Å². The van der Waals surface area contributed by atoms with E-state index in [0.717, 1.165) is 17.7 Å². The molecule has 0 amide bonds. The smallest absolute Gasteiger partial charge is 0.357 e. The van der Waals surface area contributed by atoms with Crippen LogP contribution in [-0.4, -0.2) is 57.7 Å². The third kappa shape index (κ3) is 11.0. The maximum Gasteiger partial charge on any atom is 0.416 e. The first-order chi connectivity index (χ1) is 13.1. The van der Waals surface area contributed by atoms with E-state index in [-0.39, 0.29) is 24.0 Å². The van der Waals surface area contributed by atoms with E-state index in [1.807, 2.05) is 6.92 Å². The van der Waals surface area contributed by atoms with Crippen LogP contribution in [0, 0.1) is 0 Å². The van der Waals surface area contributed by atoms with Crippen molar-refractivity contribution in [2.24, 2.45) is 4.99 Å². The van der Waals surface area contributed by atoms with Gasteiger partial charge in [-0.15, -0.1) is 24.0 Å². The molecule has 11 heteroatoms. The fourth-order valence-corrected chi connectivity index (χ4v) is 3.45. The van der Waals surface area contributed by atoms with Crippen LogP contribution in [0.4, 0.5) is 13.2 Å². The largest absolute Gasteiger partial charge is 0.416 e. The number of hydrogen-bond donors (Lipinski definition) is 2. The highest BCUT2D eigenvalue weighted by molar-refractivity contribution is 14.0. The number of nitrogens with zero attached hydrogens (tertiary/aromatic N) is 2. The predicted molar refractivity (Wildman–Crippen MR) is 121 cm³/mol. The second kappa shape index (κ2) is 13.3. The van der Waals surface area contributed by atoms with Crippen LogP contribution in [-0.2, 0) is 22.6 Å². The lowest BCUT2D eigenvalue weighted by Gasteiger charge is -2.17. The highest BCUT2D eigenvalue weighted by atomic mass is 127. The molecular formula is C18H30F3IN4O2S. The number of alkyl halides is 3. The summed E-state index contributed by atoms with van der Waals surface area (Å²) in [6, 6.07) is 5.10. The van der Waals surface area contributed by atoms with Crippen molar-refractivity contribution in [3.05, 3.63) is 35.4 Å². The van der Waals surface area contributed by atoms with Gasteiger partial charge in [-0.2, -0.15) is 13.2 Å². The number of halogens is 4. The molecule has 0 aromatic heterocycles. The van der Waals surface area contributed by atoms with Gasteiger partial charge in [0, 0.05) is 32.7 Å². The van der Waals surface area contributed by atoms with Crippen molar-refractivity contribution >= 4 is 40.0 Å². The second-order valence-electron chi connectivity index (χ2n) is 6.24. The van der Waals surface area contributed by atoms with Gasteiger partial charge < -0.3 is 10.6 Å². The van der Waals surface area contributed by atoms with Gasteiger partial charge in [-0.3, -0.25) is 4.99 Å². The number of sulfonamides is 1. The fraction of sp³-hybridized carbons (Fsp3) is 0.611. The molecule has 0 unspecified atom stereocenters. The molecular weight excluding hydrogens is 520 g/mol. The van der Waals surface area contributed by atoms with Crippen LogP contribution in [0.1, 0.15) is 31.4 Å². The Kier molecular flexibility index (Phi) is 12.8. The predicted octanol–water partition coefficient (Wildman–Crippen LogP) is 3.09. The van der Waals surface area contributed by atoms with E-state index in [4.69, 9.17) is 0 Å². The average Bonchev–Trinajstić information content (AvgIpc) is 2.60. The van der Waals surface area contributed by atoms with Crippen LogP contribution in [0.2, 0.25) is 0 Å². The zero-order chi connectivity index (χ0) is 21.2. The Bertz CT molecular complexity index is 726. The van der Waals surface area contributed by atoms with Gasteiger partial charge in [-0.1, -0.05) is 19.1 Å². The Labute approximate surface area is 188 Å². The molecule has 0 saturated carbocycles. The van der Waals surface area contributed by atoms with Crippen LogP contribution in [0.25, 0.3) is 0 Å². The monoisotopic (exact) mass is 550 g/mol. The van der Waals surface area contributed by atoms with Crippen LogP contribution >= 0.6 is 24.0 Å². The molecule has 1 aromatic rings. The lowest BCUT2D eigenvalue weighted by Crippen LogP contribution is -2.38. The zero-order valence-corrected chi connectivity index (χ0v) is 20.1. The zero-order valence-electron chi connectivity index (χ0n) is 16.9. The molecule has 0 spiro atoms. The molecule has 29 heavy (non-hydrogen) atoms. The summed E-state index contributed by atoms with van der Waals surface area (Å²) in [7, 11) is -3.20. The topological polar surface area (TPSA) is 73.8 Å². The Morgan fingerprint density at radius 1 is 1.14 bits per heavy atom. The molecule has 0 atom stereocenters. The van der Waals surface area contributed by atoms with E-state index in [9.17, 15) is 21.6 Å². The lowest BCUT2D eigenvalue weighted by atomic mass is 10.1. The van der Waals surface area contributed by atoms with Gasteiger partial charge in [-0.25, -0.2) is 12.7 Å². The van der Waals surface area contributed by atoms with E-state index in [0.29, 0.717) is 51.5 Å². The molecule has 0 saturated heterocycles. The number of rotatable bonds is 10. The normalized spacial score (nSPS) is 12.6. The summed E-state index contributed by atoms with van der Waals surface area (Å²) in [5, 5.41) is 6.22. The number of guanidine groups is 1. The third-order valence-corrected chi connectivity index (χ3v) is 5.37. The number of hydrogen-bond acceptors (Lipinski definition) is 3. The lowest BCUT2D eigenvalue weighted by molar-refractivity contribution is -0.137. The molecule has 0 fully saturated rings. The van der Waals surface area contributed by atoms with Crippen molar-refractivity contribution in [2.45, 2.75) is 32.9 Å². The Hall–Kier alpha value is -1.08. The summed E-state index contributed by atoms with van der Waals surface area (Å²) in [5.74, 6) is 0.594. The molecule has 0 aliphatic carbocycles. The van der Waals surface area contributed by atoms with Gasteiger partial charge in [0.05, 0.1) is 11.8 Å². The standard InChI is InChI=1S/C18H29F3N4O2S.HI/c1-4-22-17(23-12-6-14-25(5-2)28(3,26)27)24-13-11-15-7-9-16(10-8-15)18(19,20)21;/h7-10H,4-6,11-14H2,1-3H3,(H2,22,23,24);1H. The first-order valence-corrected chi connectivity index (χ1v) is 11.1. The molecule has 0 radical (unpaired) electrons. The SMILES string of the molecule is CCNC(=NCCCN(CC)S(C)(=O)=O)NCCc1ccc(C(F)(F)F)cc1.I.